The van der Waals surface area contributed by atoms with Gasteiger partial charge in [-0.3, -0.25) is 0 Å². The lowest BCUT2D eigenvalue weighted by Gasteiger charge is -2.09. The van der Waals surface area contributed by atoms with Gasteiger partial charge in [0.2, 0.25) is 0 Å². The van der Waals surface area contributed by atoms with Crippen LogP contribution in [-0.2, 0) is 20.9 Å². The summed E-state index contributed by atoms with van der Waals surface area (Å²) in [5, 5.41) is 9.65. The van der Waals surface area contributed by atoms with E-state index in [1.807, 2.05) is 24.3 Å². The maximum Gasteiger partial charge on any atom is 0.330 e. The largest absolute Gasteiger partial charge is 0.497 e. The molecule has 1 atom stereocenters. The summed E-state index contributed by atoms with van der Waals surface area (Å²) in [6, 6.07) is 7.52. The first-order chi connectivity index (χ1) is 9.65. The molecule has 0 radical (unpaired) electrons. The summed E-state index contributed by atoms with van der Waals surface area (Å²) in [4.78, 5) is 10.8. The third kappa shape index (κ3) is 6.36. The molecule has 0 saturated heterocycles. The van der Waals surface area contributed by atoms with Crippen molar-refractivity contribution in [1.29, 1.82) is 0 Å². The minimum Gasteiger partial charge on any atom is -0.497 e. The van der Waals surface area contributed by atoms with Gasteiger partial charge in [0.05, 0.1) is 33.5 Å². The fourth-order valence-corrected chi connectivity index (χ4v) is 1.49. The van der Waals surface area contributed by atoms with Gasteiger partial charge in [-0.05, 0) is 24.1 Å². The van der Waals surface area contributed by atoms with E-state index >= 15 is 0 Å². The highest BCUT2D eigenvalue weighted by molar-refractivity contribution is 5.81. The summed E-state index contributed by atoms with van der Waals surface area (Å²) in [7, 11) is 2.92. The zero-order chi connectivity index (χ0) is 14.8. The van der Waals surface area contributed by atoms with Gasteiger partial charge < -0.3 is 19.3 Å². The van der Waals surface area contributed by atoms with Crippen LogP contribution < -0.4 is 4.74 Å². The highest BCUT2D eigenvalue weighted by Gasteiger charge is 2.03. The lowest BCUT2D eigenvalue weighted by atomic mass is 10.2. The molecule has 0 aliphatic carbocycles. The lowest BCUT2D eigenvalue weighted by Crippen LogP contribution is -2.14. The molecule has 1 aromatic rings. The van der Waals surface area contributed by atoms with E-state index in [4.69, 9.17) is 9.47 Å². The number of benzene rings is 1. The Morgan fingerprint density at radius 1 is 1.30 bits per heavy atom. The van der Waals surface area contributed by atoms with Gasteiger partial charge in [0.25, 0.3) is 0 Å². The Morgan fingerprint density at radius 2 is 2.00 bits per heavy atom. The maximum atomic E-state index is 10.8. The molecule has 1 aromatic carbocycles. The van der Waals surface area contributed by atoms with E-state index in [-0.39, 0.29) is 6.61 Å². The zero-order valence-corrected chi connectivity index (χ0v) is 11.7. The van der Waals surface area contributed by atoms with E-state index in [0.29, 0.717) is 13.0 Å². The van der Waals surface area contributed by atoms with E-state index in [0.717, 1.165) is 11.3 Å². The van der Waals surface area contributed by atoms with Crippen molar-refractivity contribution in [2.75, 3.05) is 20.8 Å². The molecule has 0 aliphatic heterocycles. The van der Waals surface area contributed by atoms with Crippen LogP contribution in [-0.4, -0.2) is 38.0 Å². The third-order valence-corrected chi connectivity index (χ3v) is 2.60. The van der Waals surface area contributed by atoms with E-state index in [1.54, 1.807) is 13.2 Å². The average Bonchev–Trinajstić information content (AvgIpc) is 2.47. The van der Waals surface area contributed by atoms with Crippen LogP contribution in [0.25, 0.3) is 0 Å². The summed E-state index contributed by atoms with van der Waals surface area (Å²) >= 11 is 0. The van der Waals surface area contributed by atoms with Gasteiger partial charge in [-0.1, -0.05) is 18.2 Å². The van der Waals surface area contributed by atoms with Crippen LogP contribution in [0.4, 0.5) is 0 Å². The fourth-order valence-electron chi connectivity index (χ4n) is 1.49. The quantitative estimate of drug-likeness (QED) is 0.580. The van der Waals surface area contributed by atoms with Crippen molar-refractivity contribution < 1.29 is 24.1 Å². The third-order valence-electron chi connectivity index (χ3n) is 2.60. The SMILES string of the molecule is COC(=O)/C=C/C[C@H](O)COCc1ccc(OC)cc1. The predicted molar refractivity (Wildman–Crippen MR) is 74.4 cm³/mol. The predicted octanol–water partition coefficient (Wildman–Crippen LogP) is 1.69. The summed E-state index contributed by atoms with van der Waals surface area (Å²) < 4.78 is 14.9. The lowest BCUT2D eigenvalue weighted by molar-refractivity contribution is -0.134. The van der Waals surface area contributed by atoms with Crippen LogP contribution in [0.5, 0.6) is 5.75 Å². The molecular weight excluding hydrogens is 260 g/mol. The molecule has 0 aromatic heterocycles. The first kappa shape index (κ1) is 16.2. The van der Waals surface area contributed by atoms with Crippen LogP contribution in [0.2, 0.25) is 0 Å². The standard InChI is InChI=1S/C15H20O5/c1-18-14-8-6-12(7-9-14)10-20-11-13(16)4-3-5-15(17)19-2/h3,5-9,13,16H,4,10-11H2,1-2H3/b5-3+/t13-/m0/s1. The maximum absolute atomic E-state index is 10.8. The Kier molecular flexibility index (Phi) is 7.39. The van der Waals surface area contributed by atoms with Crippen LogP contribution in [0.1, 0.15) is 12.0 Å². The molecule has 0 amide bonds. The number of esters is 1. The second-order valence-corrected chi connectivity index (χ2v) is 4.18. The van der Waals surface area contributed by atoms with Crippen molar-refractivity contribution in [3.05, 3.63) is 42.0 Å². The minimum absolute atomic E-state index is 0.206. The first-order valence-corrected chi connectivity index (χ1v) is 6.29. The molecule has 0 saturated carbocycles. The van der Waals surface area contributed by atoms with Gasteiger partial charge >= 0.3 is 5.97 Å². The number of rotatable bonds is 8. The highest BCUT2D eigenvalue weighted by atomic mass is 16.5. The van der Waals surface area contributed by atoms with Crippen LogP contribution in [0, 0.1) is 0 Å². The van der Waals surface area contributed by atoms with Gasteiger partial charge in [-0.15, -0.1) is 0 Å². The van der Waals surface area contributed by atoms with Gasteiger partial charge in [0, 0.05) is 6.08 Å². The monoisotopic (exact) mass is 280 g/mol. The molecule has 0 heterocycles. The summed E-state index contributed by atoms with van der Waals surface area (Å²) in [6.07, 6.45) is 2.55. The van der Waals surface area contributed by atoms with E-state index < -0.39 is 12.1 Å². The average molecular weight is 280 g/mol. The zero-order valence-electron chi connectivity index (χ0n) is 11.7. The van der Waals surface area contributed by atoms with Gasteiger partial charge in [0.1, 0.15) is 5.75 Å². The molecule has 0 bridgehead atoms. The smallest absolute Gasteiger partial charge is 0.330 e. The number of aliphatic hydroxyl groups is 1. The second-order valence-electron chi connectivity index (χ2n) is 4.18. The van der Waals surface area contributed by atoms with Gasteiger partial charge in [0.15, 0.2) is 0 Å². The topological polar surface area (TPSA) is 65.0 Å². The Morgan fingerprint density at radius 3 is 2.60 bits per heavy atom. The minimum atomic E-state index is -0.644. The first-order valence-electron chi connectivity index (χ1n) is 6.29. The summed E-state index contributed by atoms with van der Waals surface area (Å²) in [5.74, 6) is 0.359. The van der Waals surface area contributed by atoms with Crippen LogP contribution in [0.15, 0.2) is 36.4 Å². The normalized spacial score (nSPS) is 12.3. The number of ether oxygens (including phenoxy) is 3. The molecule has 5 nitrogen and oxygen atoms in total. The molecular formula is C15H20O5. The highest BCUT2D eigenvalue weighted by Crippen LogP contribution is 2.12. The fraction of sp³-hybridized carbons (Fsp3) is 0.400. The molecule has 20 heavy (non-hydrogen) atoms. The summed E-state index contributed by atoms with van der Waals surface area (Å²) in [6.45, 7) is 0.624. The summed E-state index contributed by atoms with van der Waals surface area (Å²) in [5.41, 5.74) is 1.00. The molecule has 1 rings (SSSR count). The number of hydrogen-bond acceptors (Lipinski definition) is 5. The van der Waals surface area contributed by atoms with Crippen molar-refractivity contribution in [2.24, 2.45) is 0 Å². The van der Waals surface area contributed by atoms with Crippen LogP contribution in [0.3, 0.4) is 0 Å². The van der Waals surface area contributed by atoms with E-state index in [1.165, 1.54) is 13.2 Å². The molecule has 0 fully saturated rings. The van der Waals surface area contributed by atoms with Crippen molar-refractivity contribution >= 4 is 5.97 Å². The number of aliphatic hydroxyl groups excluding tert-OH is 1. The van der Waals surface area contributed by atoms with Crippen LogP contribution >= 0.6 is 0 Å². The van der Waals surface area contributed by atoms with Gasteiger partial charge in [-0.25, -0.2) is 4.79 Å². The Balaban J connectivity index is 2.22. The molecule has 110 valence electrons. The van der Waals surface area contributed by atoms with E-state index in [2.05, 4.69) is 4.74 Å². The van der Waals surface area contributed by atoms with Crippen molar-refractivity contribution in [1.82, 2.24) is 0 Å². The second kappa shape index (κ2) is 9.12. The number of carbonyl (C=O) groups excluding carboxylic acids is 1. The number of carbonyl (C=O) groups is 1. The van der Waals surface area contributed by atoms with Gasteiger partial charge in [-0.2, -0.15) is 0 Å². The molecule has 1 N–H and O–H groups in total. The Labute approximate surface area is 118 Å². The molecule has 0 unspecified atom stereocenters. The molecule has 0 aliphatic rings. The van der Waals surface area contributed by atoms with Crippen molar-refractivity contribution in [3.8, 4) is 5.75 Å². The molecule has 0 spiro atoms. The number of methoxy groups -OCH3 is 2. The van der Waals surface area contributed by atoms with E-state index in [9.17, 15) is 9.90 Å². The molecule has 5 heteroatoms. The van der Waals surface area contributed by atoms with Crippen molar-refractivity contribution in [3.63, 3.8) is 0 Å². The van der Waals surface area contributed by atoms with Crippen molar-refractivity contribution in [2.45, 2.75) is 19.1 Å². The Hall–Kier alpha value is -1.85. The number of hydrogen-bond donors (Lipinski definition) is 1. The Bertz CT molecular complexity index is 424.